The number of urea groups is 1. The molecule has 0 spiro atoms. The summed E-state index contributed by atoms with van der Waals surface area (Å²) < 4.78 is 0. The van der Waals surface area contributed by atoms with Crippen LogP contribution in [0, 0.1) is 0 Å². The van der Waals surface area contributed by atoms with Gasteiger partial charge in [0.1, 0.15) is 0 Å². The Kier molecular flexibility index (Phi) is 5.91. The quantitative estimate of drug-likeness (QED) is 0.906. The Morgan fingerprint density at radius 1 is 1.48 bits per heavy atom. The van der Waals surface area contributed by atoms with E-state index in [0.29, 0.717) is 11.3 Å². The molecule has 1 saturated carbocycles. The summed E-state index contributed by atoms with van der Waals surface area (Å²) in [5, 5.41) is 3.89. The molecule has 2 rings (SSSR count). The molecular weight excluding hydrogens is 282 g/mol. The SMILES string of the molecule is CCS[C@@H]1CC[C@@H](NC(=O)N(C)[C@H](C)c2ccncc2)C1. The molecule has 0 saturated heterocycles. The average molecular weight is 307 g/mol. The summed E-state index contributed by atoms with van der Waals surface area (Å²) in [6.07, 6.45) is 6.94. The number of thioether (sulfide) groups is 1. The van der Waals surface area contributed by atoms with Crippen LogP contribution in [0.4, 0.5) is 4.79 Å². The first-order chi connectivity index (χ1) is 10.1. The van der Waals surface area contributed by atoms with Crippen LogP contribution in [0.3, 0.4) is 0 Å². The van der Waals surface area contributed by atoms with Crippen molar-refractivity contribution in [1.82, 2.24) is 15.2 Å². The number of hydrogen-bond acceptors (Lipinski definition) is 3. The van der Waals surface area contributed by atoms with E-state index < -0.39 is 0 Å². The highest BCUT2D eigenvalue weighted by Gasteiger charge is 2.27. The highest BCUT2D eigenvalue weighted by atomic mass is 32.2. The van der Waals surface area contributed by atoms with E-state index in [-0.39, 0.29) is 12.1 Å². The molecule has 0 radical (unpaired) electrons. The lowest BCUT2D eigenvalue weighted by molar-refractivity contribution is 0.190. The number of rotatable bonds is 5. The molecule has 4 nitrogen and oxygen atoms in total. The maximum Gasteiger partial charge on any atom is 0.317 e. The van der Waals surface area contributed by atoms with Gasteiger partial charge in [0.15, 0.2) is 0 Å². The normalized spacial score (nSPS) is 22.8. The van der Waals surface area contributed by atoms with Crippen molar-refractivity contribution in [1.29, 1.82) is 0 Å². The van der Waals surface area contributed by atoms with Crippen molar-refractivity contribution in [3.8, 4) is 0 Å². The minimum atomic E-state index is 0.0199. The van der Waals surface area contributed by atoms with Crippen LogP contribution in [0.2, 0.25) is 0 Å². The molecule has 5 heteroatoms. The van der Waals surface area contributed by atoms with Crippen LogP contribution < -0.4 is 5.32 Å². The number of pyridine rings is 1. The van der Waals surface area contributed by atoms with Gasteiger partial charge in [-0.15, -0.1) is 0 Å². The van der Waals surface area contributed by atoms with Crippen LogP contribution in [0.5, 0.6) is 0 Å². The molecule has 0 unspecified atom stereocenters. The van der Waals surface area contributed by atoms with E-state index in [4.69, 9.17) is 0 Å². The predicted molar refractivity (Wildman–Crippen MR) is 88.5 cm³/mol. The zero-order valence-electron chi connectivity index (χ0n) is 13.1. The number of amides is 2. The lowest BCUT2D eigenvalue weighted by atomic mass is 10.1. The van der Waals surface area contributed by atoms with Gasteiger partial charge in [-0.25, -0.2) is 4.79 Å². The second-order valence-electron chi connectivity index (χ2n) is 5.60. The van der Waals surface area contributed by atoms with E-state index in [1.54, 1.807) is 17.3 Å². The van der Waals surface area contributed by atoms with Gasteiger partial charge in [-0.2, -0.15) is 11.8 Å². The molecule has 3 atom stereocenters. The molecule has 0 bridgehead atoms. The fourth-order valence-electron chi connectivity index (χ4n) is 2.78. The smallest absolute Gasteiger partial charge is 0.317 e. The van der Waals surface area contributed by atoms with Crippen molar-refractivity contribution in [2.75, 3.05) is 12.8 Å². The zero-order chi connectivity index (χ0) is 15.2. The Balaban J connectivity index is 1.86. The number of carbonyl (C=O) groups is 1. The first-order valence-electron chi connectivity index (χ1n) is 7.66. The minimum Gasteiger partial charge on any atom is -0.335 e. The standard InChI is InChI=1S/C16H25N3OS/c1-4-21-15-6-5-14(11-15)18-16(20)19(3)12(2)13-7-9-17-10-8-13/h7-10,12,14-15H,4-6,11H2,1-3H3,(H,18,20)/t12-,14-,15-/m1/s1. The Morgan fingerprint density at radius 3 is 2.86 bits per heavy atom. The summed E-state index contributed by atoms with van der Waals surface area (Å²) in [5.41, 5.74) is 1.11. The summed E-state index contributed by atoms with van der Waals surface area (Å²) in [6, 6.07) is 4.31. The van der Waals surface area contributed by atoms with Gasteiger partial charge in [0.25, 0.3) is 0 Å². The molecule has 1 aromatic rings. The molecule has 1 aromatic heterocycles. The van der Waals surface area contributed by atoms with Crippen molar-refractivity contribution < 1.29 is 4.79 Å². The molecule has 0 aliphatic heterocycles. The van der Waals surface area contributed by atoms with Crippen molar-refractivity contribution >= 4 is 17.8 Å². The van der Waals surface area contributed by atoms with E-state index in [1.165, 1.54) is 6.42 Å². The molecule has 0 aromatic carbocycles. The molecule has 1 N–H and O–H groups in total. The third-order valence-corrected chi connectivity index (χ3v) is 5.44. The number of nitrogens with zero attached hydrogens (tertiary/aromatic N) is 2. The van der Waals surface area contributed by atoms with Crippen molar-refractivity contribution in [3.63, 3.8) is 0 Å². The molecular formula is C16H25N3OS. The Bertz CT molecular complexity index is 454. The van der Waals surface area contributed by atoms with E-state index >= 15 is 0 Å². The molecule has 1 aliphatic carbocycles. The summed E-state index contributed by atoms with van der Waals surface area (Å²) in [6.45, 7) is 4.24. The van der Waals surface area contributed by atoms with Gasteiger partial charge in [-0.1, -0.05) is 6.92 Å². The fraction of sp³-hybridized carbons (Fsp3) is 0.625. The van der Waals surface area contributed by atoms with Crippen LogP contribution in [-0.2, 0) is 0 Å². The van der Waals surface area contributed by atoms with Gasteiger partial charge in [0.2, 0.25) is 0 Å². The maximum atomic E-state index is 12.4. The highest BCUT2D eigenvalue weighted by Crippen LogP contribution is 2.30. The monoisotopic (exact) mass is 307 g/mol. The van der Waals surface area contributed by atoms with Gasteiger partial charge in [-0.05, 0) is 49.6 Å². The summed E-state index contributed by atoms with van der Waals surface area (Å²) >= 11 is 2.01. The number of hydrogen-bond donors (Lipinski definition) is 1. The average Bonchev–Trinajstić information content (AvgIpc) is 2.94. The number of nitrogens with one attached hydrogen (secondary N) is 1. The van der Waals surface area contributed by atoms with Crippen LogP contribution in [0.1, 0.15) is 44.7 Å². The molecule has 116 valence electrons. The minimum absolute atomic E-state index is 0.0199. The van der Waals surface area contributed by atoms with E-state index in [1.807, 2.05) is 37.9 Å². The van der Waals surface area contributed by atoms with E-state index in [2.05, 4.69) is 17.2 Å². The van der Waals surface area contributed by atoms with Crippen molar-refractivity contribution in [2.45, 2.75) is 50.4 Å². The molecule has 2 amide bonds. The predicted octanol–water partition coefficient (Wildman–Crippen LogP) is 3.46. The van der Waals surface area contributed by atoms with Crippen molar-refractivity contribution in [2.24, 2.45) is 0 Å². The lowest BCUT2D eigenvalue weighted by Gasteiger charge is -2.27. The summed E-state index contributed by atoms with van der Waals surface area (Å²) in [7, 11) is 1.85. The van der Waals surface area contributed by atoms with Crippen LogP contribution in [0.15, 0.2) is 24.5 Å². The molecule has 21 heavy (non-hydrogen) atoms. The second kappa shape index (κ2) is 7.69. The summed E-state index contributed by atoms with van der Waals surface area (Å²) in [5.74, 6) is 1.16. The molecule has 1 aliphatic rings. The number of carbonyl (C=O) groups excluding carboxylic acids is 1. The van der Waals surface area contributed by atoms with E-state index in [9.17, 15) is 4.79 Å². The topological polar surface area (TPSA) is 45.2 Å². The van der Waals surface area contributed by atoms with Gasteiger partial charge in [-0.3, -0.25) is 4.98 Å². The third kappa shape index (κ3) is 4.37. The van der Waals surface area contributed by atoms with Gasteiger partial charge < -0.3 is 10.2 Å². The Morgan fingerprint density at radius 2 is 2.19 bits per heavy atom. The van der Waals surface area contributed by atoms with Crippen LogP contribution in [0.25, 0.3) is 0 Å². The van der Waals surface area contributed by atoms with Crippen LogP contribution >= 0.6 is 11.8 Å². The van der Waals surface area contributed by atoms with Crippen molar-refractivity contribution in [3.05, 3.63) is 30.1 Å². The summed E-state index contributed by atoms with van der Waals surface area (Å²) in [4.78, 5) is 18.2. The van der Waals surface area contributed by atoms with Crippen LogP contribution in [-0.4, -0.2) is 40.0 Å². The zero-order valence-corrected chi connectivity index (χ0v) is 13.9. The lowest BCUT2D eigenvalue weighted by Crippen LogP contribution is -2.43. The van der Waals surface area contributed by atoms with Gasteiger partial charge in [0, 0.05) is 30.7 Å². The first-order valence-corrected chi connectivity index (χ1v) is 8.71. The largest absolute Gasteiger partial charge is 0.335 e. The van der Waals surface area contributed by atoms with Gasteiger partial charge in [0.05, 0.1) is 6.04 Å². The third-order valence-electron chi connectivity index (χ3n) is 4.20. The number of aromatic nitrogens is 1. The van der Waals surface area contributed by atoms with Gasteiger partial charge >= 0.3 is 6.03 Å². The maximum absolute atomic E-state index is 12.4. The second-order valence-corrected chi connectivity index (χ2v) is 7.18. The Hall–Kier alpha value is -1.23. The highest BCUT2D eigenvalue weighted by molar-refractivity contribution is 7.99. The first kappa shape index (κ1) is 16.1. The van der Waals surface area contributed by atoms with E-state index in [0.717, 1.165) is 24.2 Å². The molecule has 1 heterocycles. The Labute approximate surface area is 131 Å². The molecule has 1 fully saturated rings. The fourth-order valence-corrected chi connectivity index (χ4v) is 3.92.